The summed E-state index contributed by atoms with van der Waals surface area (Å²) in [6.07, 6.45) is 3.16. The van der Waals surface area contributed by atoms with E-state index in [1.54, 1.807) is 20.3 Å². The summed E-state index contributed by atoms with van der Waals surface area (Å²) in [6.45, 7) is 3.82. The van der Waals surface area contributed by atoms with Crippen molar-refractivity contribution < 1.29 is 14.3 Å². The van der Waals surface area contributed by atoms with E-state index in [1.165, 1.54) is 6.08 Å². The summed E-state index contributed by atoms with van der Waals surface area (Å²) in [7, 11) is 3.17. The minimum atomic E-state index is -0.141. The molecule has 1 rings (SSSR count). The fraction of sp³-hybridized carbons (Fsp3) is 0.357. The van der Waals surface area contributed by atoms with E-state index in [-0.39, 0.29) is 11.9 Å². The second kappa shape index (κ2) is 6.69. The van der Waals surface area contributed by atoms with Crippen LogP contribution in [0.1, 0.15) is 19.4 Å². The molecular formula is C14H19NO3. The summed E-state index contributed by atoms with van der Waals surface area (Å²) in [5.74, 6) is 1.20. The van der Waals surface area contributed by atoms with Gasteiger partial charge in [-0.2, -0.15) is 0 Å². The number of hydrogen-bond donors (Lipinski definition) is 1. The SMILES string of the molecule is COc1cccc(OC)c1/C=C/C(=O)NC(C)C. The zero-order chi connectivity index (χ0) is 13.5. The van der Waals surface area contributed by atoms with E-state index in [1.807, 2.05) is 32.0 Å². The largest absolute Gasteiger partial charge is 0.496 e. The van der Waals surface area contributed by atoms with Crippen molar-refractivity contribution in [1.82, 2.24) is 5.32 Å². The van der Waals surface area contributed by atoms with Crippen molar-refractivity contribution in [3.8, 4) is 11.5 Å². The van der Waals surface area contributed by atoms with E-state index in [0.29, 0.717) is 11.5 Å². The van der Waals surface area contributed by atoms with E-state index in [2.05, 4.69) is 5.32 Å². The number of benzene rings is 1. The molecule has 0 unspecified atom stereocenters. The zero-order valence-electron chi connectivity index (χ0n) is 11.2. The molecule has 1 aromatic carbocycles. The predicted molar refractivity (Wildman–Crippen MR) is 71.9 cm³/mol. The summed E-state index contributed by atoms with van der Waals surface area (Å²) < 4.78 is 10.5. The van der Waals surface area contributed by atoms with Gasteiger partial charge in [0.1, 0.15) is 11.5 Å². The molecule has 1 amide bonds. The fourth-order valence-corrected chi connectivity index (χ4v) is 1.54. The first kappa shape index (κ1) is 14.1. The molecule has 0 aliphatic carbocycles. The Morgan fingerprint density at radius 3 is 2.22 bits per heavy atom. The summed E-state index contributed by atoms with van der Waals surface area (Å²) >= 11 is 0. The minimum absolute atomic E-state index is 0.113. The molecule has 98 valence electrons. The van der Waals surface area contributed by atoms with Gasteiger partial charge in [-0.05, 0) is 32.1 Å². The van der Waals surface area contributed by atoms with Gasteiger partial charge in [0.05, 0.1) is 19.8 Å². The Bertz CT molecular complexity index is 416. The Hall–Kier alpha value is -1.97. The monoisotopic (exact) mass is 249 g/mol. The van der Waals surface area contributed by atoms with Gasteiger partial charge in [-0.25, -0.2) is 0 Å². The van der Waals surface area contributed by atoms with Gasteiger partial charge in [-0.3, -0.25) is 4.79 Å². The molecule has 0 radical (unpaired) electrons. The van der Waals surface area contributed by atoms with Gasteiger partial charge in [0.15, 0.2) is 0 Å². The molecule has 0 fully saturated rings. The molecule has 0 aliphatic rings. The van der Waals surface area contributed by atoms with Crippen LogP contribution in [0.2, 0.25) is 0 Å². The van der Waals surface area contributed by atoms with E-state index in [9.17, 15) is 4.79 Å². The van der Waals surface area contributed by atoms with Gasteiger partial charge in [-0.15, -0.1) is 0 Å². The number of nitrogens with one attached hydrogen (secondary N) is 1. The summed E-state index contributed by atoms with van der Waals surface area (Å²) in [5.41, 5.74) is 0.751. The number of methoxy groups -OCH3 is 2. The number of carbonyl (C=O) groups is 1. The Morgan fingerprint density at radius 1 is 1.22 bits per heavy atom. The molecular weight excluding hydrogens is 230 g/mol. The maximum absolute atomic E-state index is 11.5. The highest BCUT2D eigenvalue weighted by Gasteiger charge is 2.07. The van der Waals surface area contributed by atoms with Crippen molar-refractivity contribution in [1.29, 1.82) is 0 Å². The number of rotatable bonds is 5. The van der Waals surface area contributed by atoms with Crippen molar-refractivity contribution in [2.24, 2.45) is 0 Å². The van der Waals surface area contributed by atoms with Crippen LogP contribution >= 0.6 is 0 Å². The normalized spacial score (nSPS) is 10.7. The maximum atomic E-state index is 11.5. The lowest BCUT2D eigenvalue weighted by Gasteiger charge is -2.09. The van der Waals surface area contributed by atoms with Gasteiger partial charge in [0.25, 0.3) is 0 Å². The van der Waals surface area contributed by atoms with E-state index < -0.39 is 0 Å². The highest BCUT2D eigenvalue weighted by atomic mass is 16.5. The van der Waals surface area contributed by atoms with Crippen LogP contribution in [0.5, 0.6) is 11.5 Å². The molecule has 0 heterocycles. The van der Waals surface area contributed by atoms with Crippen LogP contribution in [0.15, 0.2) is 24.3 Å². The maximum Gasteiger partial charge on any atom is 0.244 e. The lowest BCUT2D eigenvalue weighted by Crippen LogP contribution is -2.28. The highest BCUT2D eigenvalue weighted by molar-refractivity contribution is 5.92. The molecule has 1 N–H and O–H groups in total. The van der Waals surface area contributed by atoms with E-state index in [0.717, 1.165) is 5.56 Å². The van der Waals surface area contributed by atoms with Gasteiger partial charge < -0.3 is 14.8 Å². The smallest absolute Gasteiger partial charge is 0.244 e. The highest BCUT2D eigenvalue weighted by Crippen LogP contribution is 2.29. The first-order valence-corrected chi connectivity index (χ1v) is 5.78. The summed E-state index contributed by atoms with van der Waals surface area (Å²) in [4.78, 5) is 11.5. The molecule has 0 spiro atoms. The van der Waals surface area contributed by atoms with Crippen molar-refractivity contribution in [2.45, 2.75) is 19.9 Å². The first-order valence-electron chi connectivity index (χ1n) is 5.78. The third kappa shape index (κ3) is 3.80. The molecule has 0 saturated heterocycles. The Balaban J connectivity index is 2.95. The minimum Gasteiger partial charge on any atom is -0.496 e. The average Bonchev–Trinajstić information content (AvgIpc) is 2.34. The third-order valence-electron chi connectivity index (χ3n) is 2.30. The fourth-order valence-electron chi connectivity index (χ4n) is 1.54. The van der Waals surface area contributed by atoms with E-state index in [4.69, 9.17) is 9.47 Å². The van der Waals surface area contributed by atoms with Gasteiger partial charge >= 0.3 is 0 Å². The summed E-state index contributed by atoms with van der Waals surface area (Å²) in [6, 6.07) is 5.59. The third-order valence-corrected chi connectivity index (χ3v) is 2.30. The quantitative estimate of drug-likeness (QED) is 0.814. The van der Waals surface area contributed by atoms with Crippen LogP contribution in [-0.4, -0.2) is 26.2 Å². The van der Waals surface area contributed by atoms with Crippen molar-refractivity contribution in [2.75, 3.05) is 14.2 Å². The molecule has 0 aromatic heterocycles. The van der Waals surface area contributed by atoms with Crippen LogP contribution in [0.25, 0.3) is 6.08 Å². The molecule has 18 heavy (non-hydrogen) atoms. The Morgan fingerprint density at radius 2 is 1.78 bits per heavy atom. The second-order valence-corrected chi connectivity index (χ2v) is 4.07. The molecule has 4 nitrogen and oxygen atoms in total. The molecule has 0 aliphatic heterocycles. The molecule has 4 heteroatoms. The molecule has 0 bridgehead atoms. The molecule has 0 atom stereocenters. The number of amides is 1. The van der Waals surface area contributed by atoms with Gasteiger partial charge in [-0.1, -0.05) is 6.07 Å². The Kier molecular flexibility index (Phi) is 5.24. The topological polar surface area (TPSA) is 47.6 Å². The van der Waals surface area contributed by atoms with Gasteiger partial charge in [0.2, 0.25) is 5.91 Å². The number of hydrogen-bond acceptors (Lipinski definition) is 3. The van der Waals surface area contributed by atoms with Crippen molar-refractivity contribution in [3.63, 3.8) is 0 Å². The molecule has 1 aromatic rings. The Labute approximate surface area is 108 Å². The van der Waals surface area contributed by atoms with Crippen molar-refractivity contribution >= 4 is 12.0 Å². The zero-order valence-corrected chi connectivity index (χ0v) is 11.2. The number of carbonyl (C=O) groups excluding carboxylic acids is 1. The van der Waals surface area contributed by atoms with Crippen LogP contribution in [-0.2, 0) is 4.79 Å². The number of ether oxygens (including phenoxy) is 2. The van der Waals surface area contributed by atoms with Crippen LogP contribution in [0.4, 0.5) is 0 Å². The van der Waals surface area contributed by atoms with Crippen LogP contribution < -0.4 is 14.8 Å². The predicted octanol–water partition coefficient (Wildman–Crippen LogP) is 2.24. The van der Waals surface area contributed by atoms with Crippen LogP contribution in [0, 0.1) is 0 Å². The second-order valence-electron chi connectivity index (χ2n) is 4.07. The lowest BCUT2D eigenvalue weighted by atomic mass is 10.1. The van der Waals surface area contributed by atoms with Gasteiger partial charge in [0, 0.05) is 12.1 Å². The van der Waals surface area contributed by atoms with Crippen LogP contribution in [0.3, 0.4) is 0 Å². The summed E-state index contributed by atoms with van der Waals surface area (Å²) in [5, 5.41) is 2.78. The average molecular weight is 249 g/mol. The van der Waals surface area contributed by atoms with Crippen molar-refractivity contribution in [3.05, 3.63) is 29.8 Å². The first-order chi connectivity index (χ1) is 8.58. The standard InChI is InChI=1S/C14H19NO3/c1-10(2)15-14(16)9-8-11-12(17-3)6-5-7-13(11)18-4/h5-10H,1-4H3,(H,15,16)/b9-8+. The molecule has 0 saturated carbocycles. The lowest BCUT2D eigenvalue weighted by molar-refractivity contribution is -0.116. The van der Waals surface area contributed by atoms with E-state index >= 15 is 0 Å².